The van der Waals surface area contributed by atoms with Gasteiger partial charge in [-0.3, -0.25) is 0 Å². The van der Waals surface area contributed by atoms with Gasteiger partial charge in [0.1, 0.15) is 5.69 Å². The van der Waals surface area contributed by atoms with E-state index < -0.39 is 6.10 Å². The van der Waals surface area contributed by atoms with Crippen LogP contribution >= 0.6 is 0 Å². The topological polar surface area (TPSA) is 65.5 Å². The molecule has 2 aromatic rings. The predicted molar refractivity (Wildman–Crippen MR) is 97.0 cm³/mol. The van der Waals surface area contributed by atoms with Crippen LogP contribution < -0.4 is 5.32 Å². The van der Waals surface area contributed by atoms with Crippen LogP contribution in [0.4, 0.5) is 10.5 Å². The Morgan fingerprint density at radius 2 is 2.16 bits per heavy atom. The number of carbonyl (C=O) groups excluding carboxylic acids is 1. The number of nitrogens with zero attached hydrogens (tertiary/aromatic N) is 2. The number of aliphatic hydroxyl groups is 1. The van der Waals surface area contributed by atoms with E-state index in [1.54, 1.807) is 13.2 Å². The summed E-state index contributed by atoms with van der Waals surface area (Å²) in [6, 6.07) is 12.7. The molecule has 1 fully saturated rings. The maximum absolute atomic E-state index is 12.2. The Balaban J connectivity index is 1.61. The fourth-order valence-electron chi connectivity index (χ4n) is 2.46. The lowest BCUT2D eigenvalue weighted by molar-refractivity contribution is 0.117. The van der Waals surface area contributed by atoms with Gasteiger partial charge in [0.15, 0.2) is 0 Å². The summed E-state index contributed by atoms with van der Waals surface area (Å²) in [6.07, 6.45) is 3.36. The third kappa shape index (κ3) is 5.07. The molecule has 5 nitrogen and oxygen atoms in total. The van der Waals surface area contributed by atoms with E-state index in [9.17, 15) is 9.90 Å². The van der Waals surface area contributed by atoms with Crippen molar-refractivity contribution in [2.24, 2.45) is 5.92 Å². The molecule has 0 radical (unpaired) electrons. The van der Waals surface area contributed by atoms with Crippen LogP contribution in [-0.2, 0) is 0 Å². The highest BCUT2D eigenvalue weighted by molar-refractivity contribution is 5.89. The maximum atomic E-state index is 12.2. The van der Waals surface area contributed by atoms with Crippen LogP contribution in [0.3, 0.4) is 0 Å². The largest absolute Gasteiger partial charge is 0.391 e. The van der Waals surface area contributed by atoms with E-state index in [4.69, 9.17) is 0 Å². The Morgan fingerprint density at radius 3 is 2.88 bits per heavy atom. The number of rotatable bonds is 4. The first-order valence-corrected chi connectivity index (χ1v) is 8.35. The number of likely N-dealkylation sites (N-methyl/N-ethyl adjacent to an activating group) is 1. The van der Waals surface area contributed by atoms with Gasteiger partial charge in [0.2, 0.25) is 0 Å². The SMILES string of the molecule is CN(C[C@H](O)C1CC1)C(=O)Nc1cccc(C#Cc2ccccn2)c1. The second-order valence-electron chi connectivity index (χ2n) is 6.26. The van der Waals surface area contributed by atoms with Crippen LogP contribution in [0, 0.1) is 17.8 Å². The van der Waals surface area contributed by atoms with Crippen molar-refractivity contribution in [2.45, 2.75) is 18.9 Å². The number of aromatic nitrogens is 1. The molecule has 0 saturated heterocycles. The highest BCUT2D eigenvalue weighted by atomic mass is 16.3. The van der Waals surface area contributed by atoms with Crippen LogP contribution in [0.1, 0.15) is 24.1 Å². The molecular formula is C20H21N3O2. The highest BCUT2D eigenvalue weighted by Crippen LogP contribution is 2.32. The van der Waals surface area contributed by atoms with Gasteiger partial charge in [-0.25, -0.2) is 9.78 Å². The Hall–Kier alpha value is -2.84. The number of amides is 2. The van der Waals surface area contributed by atoms with Gasteiger partial charge in [-0.2, -0.15) is 0 Å². The molecule has 1 atom stereocenters. The lowest BCUT2D eigenvalue weighted by Crippen LogP contribution is -2.38. The van der Waals surface area contributed by atoms with Crippen molar-refractivity contribution in [3.05, 3.63) is 59.9 Å². The first kappa shape index (κ1) is 17.0. The van der Waals surface area contributed by atoms with Crippen molar-refractivity contribution < 1.29 is 9.90 Å². The Morgan fingerprint density at radius 1 is 1.32 bits per heavy atom. The van der Waals surface area contributed by atoms with Gasteiger partial charge in [-0.15, -0.1) is 0 Å². The number of carbonyl (C=O) groups is 1. The third-order valence-electron chi connectivity index (χ3n) is 4.09. The summed E-state index contributed by atoms with van der Waals surface area (Å²) in [6.45, 7) is 0.343. The number of hydrogen-bond acceptors (Lipinski definition) is 3. The summed E-state index contributed by atoms with van der Waals surface area (Å²) in [4.78, 5) is 17.9. The van der Waals surface area contributed by atoms with Crippen LogP contribution in [0.5, 0.6) is 0 Å². The number of pyridine rings is 1. The van der Waals surface area contributed by atoms with E-state index in [2.05, 4.69) is 22.1 Å². The normalized spacial score (nSPS) is 14.2. The molecule has 1 heterocycles. The molecule has 1 aromatic heterocycles. The van der Waals surface area contributed by atoms with Crippen LogP contribution in [-0.4, -0.2) is 40.7 Å². The molecule has 1 aliphatic rings. The number of anilines is 1. The molecule has 5 heteroatoms. The third-order valence-corrected chi connectivity index (χ3v) is 4.09. The minimum atomic E-state index is -0.439. The lowest BCUT2D eigenvalue weighted by Gasteiger charge is -2.21. The minimum Gasteiger partial charge on any atom is -0.391 e. The van der Waals surface area contributed by atoms with Crippen LogP contribution in [0.2, 0.25) is 0 Å². The van der Waals surface area contributed by atoms with E-state index in [0.29, 0.717) is 23.8 Å². The first-order chi connectivity index (χ1) is 12.1. The Kier molecular flexibility index (Phi) is 5.32. The molecule has 0 unspecified atom stereocenters. The van der Waals surface area contributed by atoms with Crippen LogP contribution in [0.15, 0.2) is 48.7 Å². The number of nitrogens with one attached hydrogen (secondary N) is 1. The van der Waals surface area contributed by atoms with Gasteiger partial charge in [-0.1, -0.05) is 18.1 Å². The quantitative estimate of drug-likeness (QED) is 0.845. The molecule has 1 saturated carbocycles. The van der Waals surface area contributed by atoms with E-state index in [1.165, 1.54) is 4.90 Å². The Bertz CT molecular complexity index is 791. The van der Waals surface area contributed by atoms with E-state index in [1.807, 2.05) is 42.5 Å². The van der Waals surface area contributed by atoms with Gasteiger partial charge in [-0.05, 0) is 55.0 Å². The molecule has 3 rings (SSSR count). The zero-order valence-corrected chi connectivity index (χ0v) is 14.1. The van der Waals surface area contributed by atoms with Crippen molar-refractivity contribution in [3.8, 4) is 11.8 Å². The zero-order valence-electron chi connectivity index (χ0n) is 14.1. The van der Waals surface area contributed by atoms with Crippen molar-refractivity contribution >= 4 is 11.7 Å². The predicted octanol–water partition coefficient (Wildman–Crippen LogP) is 2.72. The molecule has 1 aromatic carbocycles. The molecule has 2 amide bonds. The number of aliphatic hydroxyl groups excluding tert-OH is 1. The van der Waals surface area contributed by atoms with Crippen molar-refractivity contribution in [2.75, 3.05) is 18.9 Å². The second kappa shape index (κ2) is 7.82. The molecular weight excluding hydrogens is 314 g/mol. The highest BCUT2D eigenvalue weighted by Gasteiger charge is 2.31. The molecule has 2 N–H and O–H groups in total. The smallest absolute Gasteiger partial charge is 0.321 e. The summed E-state index contributed by atoms with van der Waals surface area (Å²) < 4.78 is 0. The summed E-state index contributed by atoms with van der Waals surface area (Å²) in [5, 5.41) is 12.8. The fraction of sp³-hybridized carbons (Fsp3) is 0.300. The van der Waals surface area contributed by atoms with Gasteiger partial charge < -0.3 is 15.3 Å². The monoisotopic (exact) mass is 335 g/mol. The fourth-order valence-corrected chi connectivity index (χ4v) is 2.46. The van der Waals surface area contributed by atoms with Crippen LogP contribution in [0.25, 0.3) is 0 Å². The average molecular weight is 335 g/mol. The lowest BCUT2D eigenvalue weighted by atomic mass is 10.2. The van der Waals surface area contributed by atoms with E-state index in [0.717, 1.165) is 18.4 Å². The first-order valence-electron chi connectivity index (χ1n) is 8.35. The minimum absolute atomic E-state index is 0.241. The summed E-state index contributed by atoms with van der Waals surface area (Å²) in [5.74, 6) is 6.38. The van der Waals surface area contributed by atoms with Gasteiger partial charge in [0.05, 0.1) is 6.10 Å². The molecule has 128 valence electrons. The number of benzene rings is 1. The molecule has 0 spiro atoms. The Labute approximate surface area is 147 Å². The number of hydrogen-bond donors (Lipinski definition) is 2. The van der Waals surface area contributed by atoms with Gasteiger partial charge in [0.25, 0.3) is 0 Å². The maximum Gasteiger partial charge on any atom is 0.321 e. The molecule has 0 aliphatic heterocycles. The number of urea groups is 1. The summed E-state index contributed by atoms with van der Waals surface area (Å²) in [5.41, 5.74) is 2.17. The van der Waals surface area contributed by atoms with Crippen molar-refractivity contribution in [1.29, 1.82) is 0 Å². The summed E-state index contributed by atoms with van der Waals surface area (Å²) >= 11 is 0. The standard InChI is InChI=1S/C20H21N3O2/c1-23(14-19(24)16-9-10-16)20(25)22-18-7-4-5-15(13-18)8-11-17-6-2-3-12-21-17/h2-7,12-13,16,19,24H,9-10,14H2,1H3,(H,22,25)/t19-/m0/s1. The van der Waals surface area contributed by atoms with Gasteiger partial charge >= 0.3 is 6.03 Å². The molecule has 25 heavy (non-hydrogen) atoms. The second-order valence-corrected chi connectivity index (χ2v) is 6.26. The molecule has 1 aliphatic carbocycles. The zero-order chi connectivity index (χ0) is 17.6. The average Bonchev–Trinajstić information content (AvgIpc) is 3.46. The van der Waals surface area contributed by atoms with E-state index >= 15 is 0 Å². The van der Waals surface area contributed by atoms with Gasteiger partial charge in [0, 0.05) is 31.0 Å². The van der Waals surface area contributed by atoms with Crippen molar-refractivity contribution in [3.63, 3.8) is 0 Å². The van der Waals surface area contributed by atoms with E-state index in [-0.39, 0.29) is 6.03 Å². The molecule has 0 bridgehead atoms. The summed E-state index contributed by atoms with van der Waals surface area (Å²) in [7, 11) is 1.69. The van der Waals surface area contributed by atoms with Crippen molar-refractivity contribution in [1.82, 2.24) is 9.88 Å².